The molecule has 0 radical (unpaired) electrons. The molecule has 2 rings (SSSR count). The van der Waals surface area contributed by atoms with Crippen LogP contribution < -0.4 is 4.72 Å². The van der Waals surface area contributed by atoms with E-state index < -0.39 is 10.0 Å². The van der Waals surface area contributed by atoms with Crippen molar-refractivity contribution in [3.8, 4) is 5.75 Å². The minimum absolute atomic E-state index is 0.136. The van der Waals surface area contributed by atoms with Crippen LogP contribution in [-0.4, -0.2) is 35.1 Å². The first-order chi connectivity index (χ1) is 8.59. The second kappa shape index (κ2) is 5.15. The number of phenolic OH excluding ortho intramolecular Hbond substituents is 1. The summed E-state index contributed by atoms with van der Waals surface area (Å²) in [7, 11) is -3.71. The fraction of sp³-hybridized carbons (Fsp3) is 0.200. The number of aromatic hydroxyl groups is 1. The number of rotatable bonds is 5. The fourth-order valence-corrected chi connectivity index (χ4v) is 2.53. The summed E-state index contributed by atoms with van der Waals surface area (Å²) < 4.78 is 27.6. The minimum Gasteiger partial charge on any atom is -0.507 e. The smallest absolute Gasteiger partial charge is 0.244 e. The third-order valence-electron chi connectivity index (χ3n) is 2.26. The lowest BCUT2D eigenvalue weighted by atomic mass is 10.3. The van der Waals surface area contributed by atoms with Crippen LogP contribution in [0.4, 0.5) is 0 Å². The summed E-state index contributed by atoms with van der Waals surface area (Å²) >= 11 is 0. The Morgan fingerprint density at radius 1 is 1.33 bits per heavy atom. The Hall–Kier alpha value is -1.93. The average molecular weight is 268 g/mol. The zero-order chi connectivity index (χ0) is 13.0. The van der Waals surface area contributed by atoms with Crippen LogP contribution >= 0.6 is 0 Å². The summed E-state index contributed by atoms with van der Waals surface area (Å²) in [5.74, 6) is -0.272. The zero-order valence-corrected chi connectivity index (χ0v) is 10.2. The molecule has 0 saturated heterocycles. The Bertz CT molecular complexity index is 610. The first kappa shape index (κ1) is 12.5. The van der Waals surface area contributed by atoms with Crippen molar-refractivity contribution >= 4 is 10.0 Å². The van der Waals surface area contributed by atoms with Gasteiger partial charge in [0.05, 0.1) is 12.7 Å². The van der Waals surface area contributed by atoms with Crippen molar-refractivity contribution in [3.05, 3.63) is 36.7 Å². The van der Waals surface area contributed by atoms with Gasteiger partial charge in [0, 0.05) is 12.7 Å². The summed E-state index contributed by atoms with van der Waals surface area (Å²) in [6.45, 7) is 0.535. The second-order valence-electron chi connectivity index (χ2n) is 3.53. The molecule has 0 bridgehead atoms. The molecule has 0 unspecified atom stereocenters. The van der Waals surface area contributed by atoms with Gasteiger partial charge in [-0.2, -0.15) is 0 Å². The Morgan fingerprint density at radius 2 is 2.11 bits per heavy atom. The molecule has 2 N–H and O–H groups in total. The number of benzene rings is 1. The molecule has 0 saturated carbocycles. The highest BCUT2D eigenvalue weighted by Crippen LogP contribution is 2.20. The molecule has 0 aliphatic carbocycles. The van der Waals surface area contributed by atoms with Crippen molar-refractivity contribution in [1.82, 2.24) is 19.7 Å². The Labute approximate surface area is 104 Å². The van der Waals surface area contributed by atoms with Crippen molar-refractivity contribution in [2.75, 3.05) is 6.54 Å². The van der Waals surface area contributed by atoms with E-state index in [1.165, 1.54) is 23.0 Å². The molecule has 0 aliphatic heterocycles. The first-order valence-electron chi connectivity index (χ1n) is 5.21. The van der Waals surface area contributed by atoms with E-state index in [0.717, 1.165) is 0 Å². The van der Waals surface area contributed by atoms with Crippen LogP contribution in [0, 0.1) is 0 Å². The number of hydrogen-bond acceptors (Lipinski definition) is 5. The quantitative estimate of drug-likeness (QED) is 0.793. The first-order valence-corrected chi connectivity index (χ1v) is 6.70. The van der Waals surface area contributed by atoms with Gasteiger partial charge in [-0.05, 0) is 12.1 Å². The largest absolute Gasteiger partial charge is 0.507 e. The van der Waals surface area contributed by atoms with Crippen molar-refractivity contribution in [1.29, 1.82) is 0 Å². The van der Waals surface area contributed by atoms with Gasteiger partial charge in [-0.3, -0.25) is 4.68 Å². The molecule has 0 fully saturated rings. The van der Waals surface area contributed by atoms with E-state index in [-0.39, 0.29) is 17.2 Å². The van der Waals surface area contributed by atoms with Crippen LogP contribution in [0.1, 0.15) is 0 Å². The van der Waals surface area contributed by atoms with E-state index in [9.17, 15) is 13.5 Å². The highest BCUT2D eigenvalue weighted by atomic mass is 32.2. The maximum Gasteiger partial charge on any atom is 0.244 e. The van der Waals surface area contributed by atoms with Gasteiger partial charge in [-0.1, -0.05) is 17.3 Å². The van der Waals surface area contributed by atoms with Gasteiger partial charge in [0.2, 0.25) is 10.0 Å². The van der Waals surface area contributed by atoms with E-state index in [2.05, 4.69) is 15.0 Å². The average Bonchev–Trinajstić information content (AvgIpc) is 2.82. The third-order valence-corrected chi connectivity index (χ3v) is 3.77. The van der Waals surface area contributed by atoms with Gasteiger partial charge >= 0.3 is 0 Å². The Balaban J connectivity index is 2.02. The molecular formula is C10H12N4O3S. The van der Waals surface area contributed by atoms with E-state index in [4.69, 9.17) is 0 Å². The molecule has 0 atom stereocenters. The van der Waals surface area contributed by atoms with Crippen molar-refractivity contribution in [2.45, 2.75) is 11.4 Å². The Kier molecular flexibility index (Phi) is 3.58. The molecule has 2 aromatic rings. The topological polar surface area (TPSA) is 97.1 Å². The summed E-state index contributed by atoms with van der Waals surface area (Å²) in [5, 5.41) is 16.8. The third kappa shape index (κ3) is 2.84. The van der Waals surface area contributed by atoms with E-state index in [0.29, 0.717) is 6.54 Å². The van der Waals surface area contributed by atoms with Crippen LogP contribution in [0.15, 0.2) is 41.6 Å². The fourth-order valence-electron chi connectivity index (χ4n) is 1.41. The molecule has 18 heavy (non-hydrogen) atoms. The summed E-state index contributed by atoms with van der Waals surface area (Å²) in [6.07, 6.45) is 3.14. The number of nitrogens with zero attached hydrogens (tertiary/aromatic N) is 3. The lowest BCUT2D eigenvalue weighted by molar-refractivity contribution is 0.457. The molecule has 96 valence electrons. The molecule has 0 aliphatic rings. The number of nitrogens with one attached hydrogen (secondary N) is 1. The number of phenols is 1. The lowest BCUT2D eigenvalue weighted by Crippen LogP contribution is -2.27. The standard InChI is InChI=1S/C10H12N4O3S/c15-9-3-1-2-4-10(9)18(16,17)12-6-8-14-7-5-11-13-14/h1-5,7,12,15H,6,8H2. The van der Waals surface area contributed by atoms with E-state index in [1.54, 1.807) is 18.3 Å². The predicted molar refractivity (Wildman–Crippen MR) is 63.3 cm³/mol. The van der Waals surface area contributed by atoms with Gasteiger partial charge in [-0.15, -0.1) is 5.10 Å². The van der Waals surface area contributed by atoms with Crippen LogP contribution in [0.5, 0.6) is 5.75 Å². The van der Waals surface area contributed by atoms with E-state index >= 15 is 0 Å². The molecule has 8 heteroatoms. The van der Waals surface area contributed by atoms with Crippen LogP contribution in [0.3, 0.4) is 0 Å². The lowest BCUT2D eigenvalue weighted by Gasteiger charge is -2.07. The van der Waals surface area contributed by atoms with E-state index in [1.807, 2.05) is 0 Å². The highest BCUT2D eigenvalue weighted by Gasteiger charge is 2.17. The number of hydrogen-bond donors (Lipinski definition) is 2. The van der Waals surface area contributed by atoms with Crippen LogP contribution in [0.25, 0.3) is 0 Å². The van der Waals surface area contributed by atoms with Gasteiger partial charge in [-0.25, -0.2) is 13.1 Å². The Morgan fingerprint density at radius 3 is 2.78 bits per heavy atom. The molecular weight excluding hydrogens is 256 g/mol. The molecule has 1 aromatic heterocycles. The normalized spacial score (nSPS) is 11.6. The molecule has 0 spiro atoms. The predicted octanol–water partition coefficient (Wildman–Crippen LogP) is -0.0378. The maximum atomic E-state index is 11.9. The summed E-state index contributed by atoms with van der Waals surface area (Å²) in [4.78, 5) is -0.136. The number of aromatic nitrogens is 3. The van der Waals surface area contributed by atoms with Crippen molar-refractivity contribution in [3.63, 3.8) is 0 Å². The summed E-state index contributed by atoms with van der Waals surface area (Å²) in [6, 6.07) is 5.77. The van der Waals surface area contributed by atoms with Gasteiger partial charge < -0.3 is 5.11 Å². The molecule has 7 nitrogen and oxygen atoms in total. The van der Waals surface area contributed by atoms with Crippen LogP contribution in [0.2, 0.25) is 0 Å². The van der Waals surface area contributed by atoms with Crippen molar-refractivity contribution < 1.29 is 13.5 Å². The SMILES string of the molecule is O=S(=O)(NCCn1ccnn1)c1ccccc1O. The summed E-state index contributed by atoms with van der Waals surface area (Å²) in [5.41, 5.74) is 0. The van der Waals surface area contributed by atoms with Gasteiger partial charge in [0.1, 0.15) is 10.6 Å². The zero-order valence-electron chi connectivity index (χ0n) is 9.39. The molecule has 1 aromatic carbocycles. The highest BCUT2D eigenvalue weighted by molar-refractivity contribution is 7.89. The van der Waals surface area contributed by atoms with Crippen LogP contribution in [-0.2, 0) is 16.6 Å². The van der Waals surface area contributed by atoms with Gasteiger partial charge in [0.15, 0.2) is 0 Å². The number of para-hydroxylation sites is 1. The second-order valence-corrected chi connectivity index (χ2v) is 5.27. The molecule has 0 amide bonds. The maximum absolute atomic E-state index is 11.9. The monoisotopic (exact) mass is 268 g/mol. The minimum atomic E-state index is -3.71. The van der Waals surface area contributed by atoms with Gasteiger partial charge in [0.25, 0.3) is 0 Å². The molecule has 1 heterocycles. The number of sulfonamides is 1. The van der Waals surface area contributed by atoms with Crippen molar-refractivity contribution in [2.24, 2.45) is 0 Å².